The summed E-state index contributed by atoms with van der Waals surface area (Å²) >= 11 is 1.58. The first-order chi connectivity index (χ1) is 7.90. The Kier molecular flexibility index (Phi) is 3.66. The number of rotatable bonds is 4. The van der Waals surface area contributed by atoms with Crippen LogP contribution in [-0.2, 0) is 12.8 Å². The van der Waals surface area contributed by atoms with E-state index >= 15 is 0 Å². The van der Waals surface area contributed by atoms with E-state index in [2.05, 4.69) is 22.3 Å². The number of hydrogen-bond acceptors (Lipinski definition) is 4. The van der Waals surface area contributed by atoms with Gasteiger partial charge >= 0.3 is 0 Å². The minimum Gasteiger partial charge on any atom is -0.411 e. The second-order valence-corrected chi connectivity index (χ2v) is 4.36. The summed E-state index contributed by atoms with van der Waals surface area (Å²) in [5, 5.41) is 13.6. The molecule has 0 bridgehead atoms. The van der Waals surface area contributed by atoms with E-state index in [0.717, 1.165) is 17.7 Å². The number of aromatic nitrogens is 1. The molecule has 82 valence electrons. The molecule has 0 aliphatic carbocycles. The lowest BCUT2D eigenvalue weighted by molar-refractivity contribution is 0.322. The van der Waals surface area contributed by atoms with Crippen LogP contribution < -0.4 is 0 Å². The van der Waals surface area contributed by atoms with Crippen molar-refractivity contribution in [3.63, 3.8) is 0 Å². The van der Waals surface area contributed by atoms with Gasteiger partial charge in [-0.05, 0) is 41.5 Å². The summed E-state index contributed by atoms with van der Waals surface area (Å²) < 4.78 is 0. The Morgan fingerprint density at radius 1 is 1.38 bits per heavy atom. The van der Waals surface area contributed by atoms with Gasteiger partial charge in [-0.2, -0.15) is 0 Å². The van der Waals surface area contributed by atoms with Gasteiger partial charge in [0, 0.05) is 12.4 Å². The molecule has 0 fully saturated rings. The Labute approximate surface area is 98.1 Å². The largest absolute Gasteiger partial charge is 0.411 e. The van der Waals surface area contributed by atoms with Crippen LogP contribution >= 0.6 is 11.3 Å². The molecule has 0 amide bonds. The van der Waals surface area contributed by atoms with Crippen LogP contribution in [0.2, 0.25) is 0 Å². The fourth-order valence-corrected chi connectivity index (χ4v) is 2.35. The van der Waals surface area contributed by atoms with Crippen LogP contribution in [0, 0.1) is 0 Å². The smallest absolute Gasteiger partial charge is 0.0836 e. The molecule has 2 rings (SSSR count). The van der Waals surface area contributed by atoms with E-state index in [9.17, 15) is 0 Å². The highest BCUT2D eigenvalue weighted by Crippen LogP contribution is 2.16. The van der Waals surface area contributed by atoms with Crippen LogP contribution in [0.3, 0.4) is 0 Å². The summed E-state index contributed by atoms with van der Waals surface area (Å²) in [6.45, 7) is 0. The van der Waals surface area contributed by atoms with Crippen molar-refractivity contribution in [3.8, 4) is 0 Å². The first-order valence-corrected chi connectivity index (χ1v) is 5.91. The Hall–Kier alpha value is -1.68. The molecular formula is C12H12N2OS. The van der Waals surface area contributed by atoms with Crippen molar-refractivity contribution in [2.24, 2.45) is 5.16 Å². The third-order valence-electron chi connectivity index (χ3n) is 2.36. The molecule has 0 aromatic carbocycles. The third kappa shape index (κ3) is 2.67. The number of pyridine rings is 1. The van der Waals surface area contributed by atoms with Crippen molar-refractivity contribution in [1.29, 1.82) is 0 Å². The van der Waals surface area contributed by atoms with Crippen LogP contribution in [0.1, 0.15) is 16.0 Å². The van der Waals surface area contributed by atoms with Crippen LogP contribution in [0.25, 0.3) is 0 Å². The van der Waals surface area contributed by atoms with E-state index in [4.69, 9.17) is 5.21 Å². The molecule has 4 heteroatoms. The highest BCUT2D eigenvalue weighted by Gasteiger charge is 2.02. The fourth-order valence-electron chi connectivity index (χ4n) is 1.54. The predicted octanol–water partition coefficient (Wildman–Crippen LogP) is 2.74. The zero-order valence-electron chi connectivity index (χ0n) is 8.71. The van der Waals surface area contributed by atoms with Crippen molar-refractivity contribution in [2.75, 3.05) is 0 Å². The summed E-state index contributed by atoms with van der Waals surface area (Å²) in [5.41, 5.74) is 2.44. The number of thiophene rings is 1. The first kappa shape index (κ1) is 10.8. The van der Waals surface area contributed by atoms with Gasteiger partial charge in [-0.3, -0.25) is 4.98 Å². The third-order valence-corrected chi connectivity index (χ3v) is 3.26. The van der Waals surface area contributed by atoms with E-state index in [-0.39, 0.29) is 0 Å². The van der Waals surface area contributed by atoms with Gasteiger partial charge in [-0.25, -0.2) is 0 Å². The van der Waals surface area contributed by atoms with Gasteiger partial charge < -0.3 is 5.21 Å². The van der Waals surface area contributed by atoms with Gasteiger partial charge in [0.2, 0.25) is 0 Å². The molecular weight excluding hydrogens is 220 g/mol. The molecule has 0 saturated heterocycles. The molecule has 0 aliphatic heterocycles. The van der Waals surface area contributed by atoms with Gasteiger partial charge in [0.1, 0.15) is 0 Å². The van der Waals surface area contributed by atoms with Gasteiger partial charge in [0.15, 0.2) is 0 Å². The quantitative estimate of drug-likeness (QED) is 0.500. The molecule has 3 nitrogen and oxygen atoms in total. The lowest BCUT2D eigenvalue weighted by Crippen LogP contribution is -1.93. The summed E-state index contributed by atoms with van der Waals surface area (Å²) in [4.78, 5) is 5.10. The molecule has 0 aliphatic rings. The normalized spacial score (nSPS) is 11.0. The van der Waals surface area contributed by atoms with Crippen molar-refractivity contribution < 1.29 is 5.21 Å². The molecule has 2 aromatic heterocycles. The summed E-state index contributed by atoms with van der Waals surface area (Å²) in [6, 6.07) is 6.08. The molecule has 0 unspecified atom stereocenters. The van der Waals surface area contributed by atoms with Crippen molar-refractivity contribution >= 4 is 17.6 Å². The fraction of sp³-hybridized carbons (Fsp3) is 0.167. The minimum absolute atomic E-state index is 0.941. The minimum atomic E-state index is 0.941. The molecule has 0 saturated carbocycles. The van der Waals surface area contributed by atoms with Crippen LogP contribution in [0.15, 0.2) is 41.1 Å². The summed E-state index contributed by atoms with van der Waals surface area (Å²) in [7, 11) is 0. The Morgan fingerprint density at radius 2 is 2.31 bits per heavy atom. The highest BCUT2D eigenvalue weighted by molar-refractivity contribution is 7.11. The predicted molar refractivity (Wildman–Crippen MR) is 65.3 cm³/mol. The number of aryl methyl sites for hydroxylation is 2. The van der Waals surface area contributed by atoms with Gasteiger partial charge in [0.05, 0.1) is 11.1 Å². The van der Waals surface area contributed by atoms with Crippen molar-refractivity contribution in [1.82, 2.24) is 4.98 Å². The average Bonchev–Trinajstić information content (AvgIpc) is 2.76. The number of hydrogen-bond donors (Lipinski definition) is 1. The number of oxime groups is 1. The van der Waals surface area contributed by atoms with Gasteiger partial charge in [-0.1, -0.05) is 11.2 Å². The van der Waals surface area contributed by atoms with Crippen LogP contribution in [-0.4, -0.2) is 16.4 Å². The zero-order chi connectivity index (χ0) is 11.2. The Balaban J connectivity index is 2.02. The van der Waals surface area contributed by atoms with Crippen molar-refractivity contribution in [3.05, 3.63) is 52.0 Å². The molecule has 0 atom stereocenters. The van der Waals surface area contributed by atoms with Gasteiger partial charge in [0.25, 0.3) is 0 Å². The highest BCUT2D eigenvalue weighted by atomic mass is 32.1. The maximum Gasteiger partial charge on any atom is 0.0836 e. The first-order valence-electron chi connectivity index (χ1n) is 5.03. The standard InChI is InChI=1S/C12H12N2OS/c15-14-9-12-11(5-7-16-12)4-3-10-2-1-6-13-8-10/h1-2,5-9,15H,3-4H2/b14-9-. The lowest BCUT2D eigenvalue weighted by atomic mass is 10.1. The summed E-state index contributed by atoms with van der Waals surface area (Å²) in [5.74, 6) is 0. The second kappa shape index (κ2) is 5.42. The van der Waals surface area contributed by atoms with E-state index in [0.29, 0.717) is 0 Å². The van der Waals surface area contributed by atoms with Gasteiger partial charge in [-0.15, -0.1) is 11.3 Å². The molecule has 1 N–H and O–H groups in total. The maximum absolute atomic E-state index is 8.51. The Morgan fingerprint density at radius 3 is 3.06 bits per heavy atom. The van der Waals surface area contributed by atoms with E-state index in [1.54, 1.807) is 17.5 Å². The second-order valence-electron chi connectivity index (χ2n) is 3.42. The maximum atomic E-state index is 8.51. The molecule has 0 spiro atoms. The zero-order valence-corrected chi connectivity index (χ0v) is 9.52. The lowest BCUT2D eigenvalue weighted by Gasteiger charge is -2.00. The molecule has 16 heavy (non-hydrogen) atoms. The topological polar surface area (TPSA) is 45.5 Å². The Bertz CT molecular complexity index is 465. The van der Waals surface area contributed by atoms with E-state index < -0.39 is 0 Å². The summed E-state index contributed by atoms with van der Waals surface area (Å²) in [6.07, 6.45) is 7.04. The average molecular weight is 232 g/mol. The molecule has 2 aromatic rings. The SMILES string of the molecule is O/N=C\c1sccc1CCc1cccnc1. The van der Waals surface area contributed by atoms with E-state index in [1.165, 1.54) is 17.3 Å². The van der Waals surface area contributed by atoms with E-state index in [1.807, 2.05) is 17.6 Å². The van der Waals surface area contributed by atoms with Crippen LogP contribution in [0.4, 0.5) is 0 Å². The molecule has 0 radical (unpaired) electrons. The number of nitrogens with zero attached hydrogens (tertiary/aromatic N) is 2. The monoisotopic (exact) mass is 232 g/mol. The van der Waals surface area contributed by atoms with Crippen molar-refractivity contribution in [2.45, 2.75) is 12.8 Å². The van der Waals surface area contributed by atoms with Crippen LogP contribution in [0.5, 0.6) is 0 Å². The molecule has 2 heterocycles.